The van der Waals surface area contributed by atoms with Crippen LogP contribution in [0.5, 0.6) is 11.5 Å². The molecule has 0 aliphatic carbocycles. The molecule has 0 saturated heterocycles. The number of nitrogens with one attached hydrogen (secondary N) is 2. The molecule has 0 fully saturated rings. The molecule has 0 aliphatic heterocycles. The molecule has 0 saturated carbocycles. The normalized spacial score (nSPS) is 10.3. The van der Waals surface area contributed by atoms with Crippen LogP contribution in [-0.2, 0) is 13.2 Å². The van der Waals surface area contributed by atoms with Gasteiger partial charge in [-0.15, -0.1) is 12.4 Å². The van der Waals surface area contributed by atoms with Crippen molar-refractivity contribution >= 4 is 34.9 Å². The molecule has 0 unspecified atom stereocenters. The van der Waals surface area contributed by atoms with E-state index < -0.39 is 0 Å². The zero-order chi connectivity index (χ0) is 22.5. The van der Waals surface area contributed by atoms with E-state index in [1.807, 2.05) is 36.4 Å². The van der Waals surface area contributed by atoms with Crippen LogP contribution in [0.25, 0.3) is 10.8 Å². The molecule has 0 aliphatic rings. The minimum atomic E-state index is 0. The number of hydrogen-bond acceptors (Lipinski definition) is 4. The van der Waals surface area contributed by atoms with Gasteiger partial charge in [0.05, 0.1) is 0 Å². The quantitative estimate of drug-likeness (QED) is 0.219. The maximum absolute atomic E-state index is 7.54. The Morgan fingerprint density at radius 3 is 1.42 bits per heavy atom. The summed E-state index contributed by atoms with van der Waals surface area (Å²) in [6, 6.07) is 26.9. The van der Waals surface area contributed by atoms with E-state index in [2.05, 4.69) is 24.3 Å². The molecule has 0 heterocycles. The molecule has 4 aromatic carbocycles. The Morgan fingerprint density at radius 2 is 1.03 bits per heavy atom. The zero-order valence-corrected chi connectivity index (χ0v) is 18.7. The summed E-state index contributed by atoms with van der Waals surface area (Å²) < 4.78 is 11.7. The molecular formula is C26H25ClN4O2. The lowest BCUT2D eigenvalue weighted by Crippen LogP contribution is -2.10. The summed E-state index contributed by atoms with van der Waals surface area (Å²) in [4.78, 5) is 0. The third-order valence-corrected chi connectivity index (χ3v) is 5.07. The van der Waals surface area contributed by atoms with Gasteiger partial charge in [0.2, 0.25) is 0 Å². The second-order valence-corrected chi connectivity index (χ2v) is 7.48. The lowest BCUT2D eigenvalue weighted by molar-refractivity contribution is 0.306. The van der Waals surface area contributed by atoms with Crippen LogP contribution < -0.4 is 20.9 Å². The van der Waals surface area contributed by atoms with E-state index >= 15 is 0 Å². The Morgan fingerprint density at radius 1 is 0.606 bits per heavy atom. The van der Waals surface area contributed by atoms with Crippen molar-refractivity contribution in [3.05, 3.63) is 107 Å². The van der Waals surface area contributed by atoms with Gasteiger partial charge in [0, 0.05) is 11.1 Å². The Balaban J connectivity index is 0.00000306. The highest BCUT2D eigenvalue weighted by Crippen LogP contribution is 2.22. The van der Waals surface area contributed by atoms with E-state index in [1.54, 1.807) is 24.3 Å². The monoisotopic (exact) mass is 460 g/mol. The molecule has 0 amide bonds. The smallest absolute Gasteiger partial charge is 0.122 e. The van der Waals surface area contributed by atoms with Gasteiger partial charge in [-0.2, -0.15) is 0 Å². The maximum atomic E-state index is 7.54. The van der Waals surface area contributed by atoms with Crippen LogP contribution in [0, 0.1) is 10.8 Å². The predicted octanol–water partition coefficient (Wildman–Crippen LogP) is 4.99. The largest absolute Gasteiger partial charge is 0.489 e. The molecule has 0 atom stereocenters. The zero-order valence-electron chi connectivity index (χ0n) is 17.9. The van der Waals surface area contributed by atoms with E-state index in [9.17, 15) is 0 Å². The number of nitrogen functional groups attached to an aromatic ring is 2. The van der Waals surface area contributed by atoms with Gasteiger partial charge in [0.15, 0.2) is 0 Å². The molecule has 7 heteroatoms. The Bertz CT molecular complexity index is 1210. The van der Waals surface area contributed by atoms with Crippen molar-refractivity contribution in [2.24, 2.45) is 11.5 Å². The Labute approximate surface area is 198 Å². The molecular weight excluding hydrogens is 436 g/mol. The van der Waals surface area contributed by atoms with Crippen molar-refractivity contribution in [2.75, 3.05) is 0 Å². The van der Waals surface area contributed by atoms with E-state index in [4.69, 9.17) is 31.8 Å². The van der Waals surface area contributed by atoms with Gasteiger partial charge in [0.25, 0.3) is 0 Å². The standard InChI is InChI=1S/C26H24N4O2.ClH/c27-25(28)21-3-1-5-23(13-21)31-15-17-7-9-20-12-18(8-10-19(20)11-17)16-32-24-6-2-4-22(14-24)26(29)30;/h1-14H,15-16H2,(H3,27,28)(H3,29,30);1H. The summed E-state index contributed by atoms with van der Waals surface area (Å²) in [6.07, 6.45) is 0. The fourth-order valence-corrected chi connectivity index (χ4v) is 3.36. The number of benzene rings is 4. The number of amidine groups is 2. The Hall–Kier alpha value is -4.03. The van der Waals surface area contributed by atoms with Crippen LogP contribution in [0.2, 0.25) is 0 Å². The van der Waals surface area contributed by atoms with Crippen LogP contribution in [0.15, 0.2) is 84.9 Å². The van der Waals surface area contributed by atoms with Crippen molar-refractivity contribution < 1.29 is 9.47 Å². The van der Waals surface area contributed by atoms with Crippen LogP contribution in [0.4, 0.5) is 0 Å². The van der Waals surface area contributed by atoms with Gasteiger partial charge in [-0.1, -0.05) is 48.5 Å². The summed E-state index contributed by atoms with van der Waals surface area (Å²) >= 11 is 0. The van der Waals surface area contributed by atoms with Gasteiger partial charge in [-0.25, -0.2) is 0 Å². The summed E-state index contributed by atoms with van der Waals surface area (Å²) in [7, 11) is 0. The number of fused-ring (bicyclic) bond motifs is 1. The molecule has 0 radical (unpaired) electrons. The number of hydrogen-bond donors (Lipinski definition) is 4. The molecule has 168 valence electrons. The first kappa shape index (κ1) is 23.6. The van der Waals surface area contributed by atoms with Gasteiger partial charge < -0.3 is 20.9 Å². The van der Waals surface area contributed by atoms with Crippen molar-refractivity contribution in [1.82, 2.24) is 0 Å². The van der Waals surface area contributed by atoms with Crippen molar-refractivity contribution in [1.29, 1.82) is 10.8 Å². The average Bonchev–Trinajstić information content (AvgIpc) is 2.81. The third-order valence-electron chi connectivity index (χ3n) is 5.07. The molecule has 4 rings (SSSR count). The van der Waals surface area contributed by atoms with Crippen molar-refractivity contribution in [3.63, 3.8) is 0 Å². The summed E-state index contributed by atoms with van der Waals surface area (Å²) in [6.45, 7) is 0.850. The van der Waals surface area contributed by atoms with Crippen LogP contribution in [0.1, 0.15) is 22.3 Å². The molecule has 33 heavy (non-hydrogen) atoms. The lowest BCUT2D eigenvalue weighted by atomic mass is 10.0. The molecule has 0 bridgehead atoms. The van der Waals surface area contributed by atoms with Gasteiger partial charge in [-0.05, 0) is 58.3 Å². The van der Waals surface area contributed by atoms with Crippen molar-refractivity contribution in [3.8, 4) is 11.5 Å². The van der Waals surface area contributed by atoms with Crippen molar-refractivity contribution in [2.45, 2.75) is 13.2 Å². The second-order valence-electron chi connectivity index (χ2n) is 7.48. The SMILES string of the molecule is Cl.N=C(N)c1cccc(OCc2ccc3cc(COc4cccc(C(=N)N)c4)ccc3c2)c1. The highest BCUT2D eigenvalue weighted by Gasteiger charge is 2.04. The minimum Gasteiger partial charge on any atom is -0.489 e. The van der Waals surface area contributed by atoms with E-state index in [0.29, 0.717) is 35.8 Å². The molecule has 4 aromatic rings. The highest BCUT2D eigenvalue weighted by molar-refractivity contribution is 5.95. The third kappa shape index (κ3) is 6.02. The lowest BCUT2D eigenvalue weighted by Gasteiger charge is -2.10. The topological polar surface area (TPSA) is 118 Å². The van der Waals surface area contributed by atoms with Gasteiger partial charge in [-0.3, -0.25) is 10.8 Å². The number of nitrogens with two attached hydrogens (primary N) is 2. The van der Waals surface area contributed by atoms with E-state index in [1.165, 1.54) is 0 Å². The summed E-state index contributed by atoms with van der Waals surface area (Å²) in [5, 5.41) is 17.3. The van der Waals surface area contributed by atoms with Crippen LogP contribution in [0.3, 0.4) is 0 Å². The number of rotatable bonds is 8. The fourth-order valence-electron chi connectivity index (χ4n) is 3.36. The van der Waals surface area contributed by atoms with Gasteiger partial charge >= 0.3 is 0 Å². The molecule has 0 spiro atoms. The van der Waals surface area contributed by atoms with Gasteiger partial charge in [0.1, 0.15) is 36.4 Å². The number of halogens is 1. The predicted molar refractivity (Wildman–Crippen MR) is 135 cm³/mol. The summed E-state index contributed by atoms with van der Waals surface area (Å²) in [5.74, 6) is 1.40. The average molecular weight is 461 g/mol. The first-order valence-corrected chi connectivity index (χ1v) is 10.1. The number of ether oxygens (including phenoxy) is 2. The van der Waals surface area contributed by atoms with Crippen LogP contribution in [-0.4, -0.2) is 11.7 Å². The first-order chi connectivity index (χ1) is 15.5. The van der Waals surface area contributed by atoms with E-state index in [0.717, 1.165) is 21.9 Å². The Kier molecular flexibility index (Phi) is 7.53. The molecule has 0 aromatic heterocycles. The minimum absolute atomic E-state index is 0. The molecule has 6 N–H and O–H groups in total. The fraction of sp³-hybridized carbons (Fsp3) is 0.0769. The summed E-state index contributed by atoms with van der Waals surface area (Å²) in [5.41, 5.74) is 14.5. The van der Waals surface area contributed by atoms with E-state index in [-0.39, 0.29) is 24.1 Å². The highest BCUT2D eigenvalue weighted by atomic mass is 35.5. The second kappa shape index (κ2) is 10.5. The molecule has 6 nitrogen and oxygen atoms in total. The maximum Gasteiger partial charge on any atom is 0.122 e. The van der Waals surface area contributed by atoms with Crippen LogP contribution >= 0.6 is 12.4 Å². The first-order valence-electron chi connectivity index (χ1n) is 10.1.